The highest BCUT2D eigenvalue weighted by molar-refractivity contribution is 6.30. The minimum Gasteiger partial charge on any atom is -0.299 e. The summed E-state index contributed by atoms with van der Waals surface area (Å²) in [6, 6.07) is 8.03. The first-order valence-electron chi connectivity index (χ1n) is 12.2. The van der Waals surface area contributed by atoms with Crippen molar-refractivity contribution in [2.24, 2.45) is 34.5 Å². The van der Waals surface area contributed by atoms with Crippen LogP contribution in [-0.2, 0) is 17.6 Å². The zero-order valence-corrected chi connectivity index (χ0v) is 19.7. The van der Waals surface area contributed by atoms with Gasteiger partial charge in [-0.2, -0.15) is 5.10 Å². The van der Waals surface area contributed by atoms with Crippen LogP contribution in [0, 0.1) is 41.4 Å². The third kappa shape index (κ3) is 2.71. The molecule has 4 heteroatoms. The highest BCUT2D eigenvalue weighted by atomic mass is 35.5. The molecule has 4 aliphatic rings. The van der Waals surface area contributed by atoms with E-state index in [1.165, 1.54) is 36.2 Å². The molecule has 3 saturated carbocycles. The molecular weight excluding hydrogens is 404 g/mol. The number of benzene rings is 1. The summed E-state index contributed by atoms with van der Waals surface area (Å²) in [6.45, 7) is 7.10. The number of carbonyl (C=O) groups excluding carboxylic acids is 1. The number of ketones is 1. The highest BCUT2D eigenvalue weighted by Gasteiger charge is 2.60. The van der Waals surface area contributed by atoms with Crippen LogP contribution in [0.5, 0.6) is 0 Å². The largest absolute Gasteiger partial charge is 0.299 e. The van der Waals surface area contributed by atoms with Crippen molar-refractivity contribution in [2.75, 3.05) is 0 Å². The van der Waals surface area contributed by atoms with Crippen LogP contribution < -0.4 is 0 Å². The van der Waals surface area contributed by atoms with Crippen molar-refractivity contribution in [3.8, 4) is 5.69 Å². The summed E-state index contributed by atoms with van der Waals surface area (Å²) in [4.78, 5) is 12.7. The third-order valence-electron chi connectivity index (χ3n) is 10.2. The van der Waals surface area contributed by atoms with Crippen molar-refractivity contribution in [3.63, 3.8) is 0 Å². The molecule has 1 aromatic heterocycles. The SMILES string of the molecule is Cc1c2c(nn1-c1ccc(Cl)cc1)C[C@@H]1CC[C@@H]3[C@H](CC[C@]4(C)C(=O)CC[C@@H]34)[C@@]1(C)C2. The zero-order chi connectivity index (χ0) is 21.5. The summed E-state index contributed by atoms with van der Waals surface area (Å²) in [6.07, 6.45) is 9.15. The molecule has 31 heavy (non-hydrogen) atoms. The van der Waals surface area contributed by atoms with Gasteiger partial charge in [0.1, 0.15) is 5.78 Å². The zero-order valence-electron chi connectivity index (χ0n) is 19.0. The van der Waals surface area contributed by atoms with E-state index in [2.05, 4.69) is 37.6 Å². The fraction of sp³-hybridized carbons (Fsp3) is 0.630. The van der Waals surface area contributed by atoms with Crippen molar-refractivity contribution in [2.45, 2.75) is 72.1 Å². The smallest absolute Gasteiger partial charge is 0.139 e. The molecule has 0 N–H and O–H groups in total. The standard InChI is InChI=1S/C27H33ClN2O/c1-16-21-15-27(3)17(14-24(21)29-30(16)19-7-5-18(28)6-8-19)4-9-20-22-10-11-25(31)26(22,2)13-12-23(20)27/h5-8,17,20,22-23H,4,9-15H2,1-3H3/t17-,20-,22-,23-,26-,27-/m0/s1. The van der Waals surface area contributed by atoms with Crippen molar-refractivity contribution in [1.29, 1.82) is 0 Å². The molecule has 0 amide bonds. The molecule has 1 heterocycles. The fourth-order valence-electron chi connectivity index (χ4n) is 8.35. The molecule has 0 aliphatic heterocycles. The summed E-state index contributed by atoms with van der Waals surface area (Å²) in [5.41, 5.74) is 5.48. The summed E-state index contributed by atoms with van der Waals surface area (Å²) >= 11 is 6.11. The molecule has 6 rings (SSSR count). The van der Waals surface area contributed by atoms with E-state index < -0.39 is 0 Å². The van der Waals surface area contributed by atoms with Crippen LogP contribution in [-0.4, -0.2) is 15.6 Å². The van der Waals surface area contributed by atoms with Crippen LogP contribution in [0.2, 0.25) is 5.02 Å². The molecule has 3 nitrogen and oxygen atoms in total. The van der Waals surface area contributed by atoms with Gasteiger partial charge in [-0.15, -0.1) is 0 Å². The number of rotatable bonds is 1. The molecule has 0 spiro atoms. The Balaban J connectivity index is 1.36. The Bertz CT molecular complexity index is 1060. The lowest BCUT2D eigenvalue weighted by Crippen LogP contribution is -2.54. The van der Waals surface area contributed by atoms with E-state index in [0.717, 1.165) is 60.6 Å². The van der Waals surface area contributed by atoms with E-state index in [1.54, 1.807) is 0 Å². The molecule has 6 atom stereocenters. The van der Waals surface area contributed by atoms with E-state index in [9.17, 15) is 4.79 Å². The normalized spacial score (nSPS) is 38.9. The maximum absolute atomic E-state index is 12.7. The minimum absolute atomic E-state index is 0.0282. The van der Waals surface area contributed by atoms with Crippen molar-refractivity contribution in [1.82, 2.24) is 9.78 Å². The van der Waals surface area contributed by atoms with Gasteiger partial charge in [0.05, 0.1) is 11.4 Å². The highest BCUT2D eigenvalue weighted by Crippen LogP contribution is 2.64. The van der Waals surface area contributed by atoms with E-state index in [0.29, 0.717) is 17.1 Å². The minimum atomic E-state index is -0.0282. The topological polar surface area (TPSA) is 34.9 Å². The molecule has 2 aromatic rings. The second kappa shape index (κ2) is 6.70. The molecule has 0 unspecified atom stereocenters. The van der Waals surface area contributed by atoms with Gasteiger partial charge in [-0.1, -0.05) is 25.4 Å². The molecule has 164 valence electrons. The van der Waals surface area contributed by atoms with Crippen molar-refractivity contribution < 1.29 is 4.79 Å². The van der Waals surface area contributed by atoms with Crippen LogP contribution in [0.3, 0.4) is 0 Å². The van der Waals surface area contributed by atoms with Crippen molar-refractivity contribution >= 4 is 17.4 Å². The average molecular weight is 437 g/mol. The van der Waals surface area contributed by atoms with E-state index in [1.807, 2.05) is 12.1 Å². The molecule has 0 radical (unpaired) electrons. The average Bonchev–Trinajstić information content (AvgIpc) is 3.23. The van der Waals surface area contributed by atoms with Gasteiger partial charge in [-0.05, 0) is 111 Å². The van der Waals surface area contributed by atoms with E-state index >= 15 is 0 Å². The van der Waals surface area contributed by atoms with Gasteiger partial charge in [0, 0.05) is 22.6 Å². The number of aromatic nitrogens is 2. The number of hydrogen-bond donors (Lipinski definition) is 0. The van der Waals surface area contributed by atoms with Gasteiger partial charge in [0.25, 0.3) is 0 Å². The predicted octanol–water partition coefficient (Wildman–Crippen LogP) is 6.36. The summed E-state index contributed by atoms with van der Waals surface area (Å²) in [7, 11) is 0. The van der Waals surface area contributed by atoms with Gasteiger partial charge in [0.15, 0.2) is 0 Å². The number of hydrogen-bond acceptors (Lipinski definition) is 2. The number of nitrogens with zero attached hydrogens (tertiary/aromatic N) is 2. The second-order valence-corrected chi connectivity index (χ2v) is 11.8. The predicted molar refractivity (Wildman–Crippen MR) is 124 cm³/mol. The summed E-state index contributed by atoms with van der Waals surface area (Å²) in [5, 5.41) is 5.84. The number of carbonyl (C=O) groups is 1. The molecule has 4 aliphatic carbocycles. The number of fused-ring (bicyclic) bond motifs is 6. The number of halogens is 1. The first kappa shape index (κ1) is 20.0. The Labute approximate surface area is 190 Å². The lowest BCUT2D eigenvalue weighted by Gasteiger charge is -2.59. The monoisotopic (exact) mass is 436 g/mol. The number of Topliss-reactive ketones (excluding diaryl/α,β-unsaturated/α-hetero) is 1. The second-order valence-electron chi connectivity index (χ2n) is 11.4. The summed E-state index contributed by atoms with van der Waals surface area (Å²) in [5.74, 6) is 3.38. The van der Waals surface area contributed by atoms with Crippen LogP contribution >= 0.6 is 11.6 Å². The third-order valence-corrected chi connectivity index (χ3v) is 10.4. The van der Waals surface area contributed by atoms with Gasteiger partial charge >= 0.3 is 0 Å². The molecule has 3 fully saturated rings. The first-order valence-corrected chi connectivity index (χ1v) is 12.6. The Kier molecular flexibility index (Phi) is 4.33. The van der Waals surface area contributed by atoms with E-state index in [4.69, 9.17) is 16.7 Å². The summed E-state index contributed by atoms with van der Waals surface area (Å²) < 4.78 is 2.13. The van der Waals surface area contributed by atoms with Crippen molar-refractivity contribution in [3.05, 3.63) is 46.2 Å². The van der Waals surface area contributed by atoms with Gasteiger partial charge in [0.2, 0.25) is 0 Å². The Hall–Kier alpha value is -1.61. The van der Waals surface area contributed by atoms with E-state index in [-0.39, 0.29) is 5.41 Å². The Morgan fingerprint density at radius 1 is 1.06 bits per heavy atom. The lowest BCUT2D eigenvalue weighted by atomic mass is 9.45. The van der Waals surface area contributed by atoms with Crippen LogP contribution in [0.15, 0.2) is 24.3 Å². The van der Waals surface area contributed by atoms with Crippen LogP contribution in [0.25, 0.3) is 5.69 Å². The first-order chi connectivity index (χ1) is 14.8. The van der Waals surface area contributed by atoms with Gasteiger partial charge in [-0.25, -0.2) is 4.68 Å². The molecule has 0 bridgehead atoms. The maximum atomic E-state index is 12.7. The Morgan fingerprint density at radius 3 is 2.61 bits per heavy atom. The van der Waals surface area contributed by atoms with Gasteiger partial charge < -0.3 is 0 Å². The molecule has 0 saturated heterocycles. The van der Waals surface area contributed by atoms with Gasteiger partial charge in [-0.3, -0.25) is 4.79 Å². The molecular formula is C27H33ClN2O. The van der Waals surface area contributed by atoms with Crippen LogP contribution in [0.1, 0.15) is 69.3 Å². The quantitative estimate of drug-likeness (QED) is 0.521. The lowest BCUT2D eigenvalue weighted by molar-refractivity contribution is -0.136. The fourth-order valence-corrected chi connectivity index (χ4v) is 8.48. The van der Waals surface area contributed by atoms with Crippen LogP contribution in [0.4, 0.5) is 0 Å². The maximum Gasteiger partial charge on any atom is 0.139 e. The Morgan fingerprint density at radius 2 is 1.84 bits per heavy atom. The molecule has 1 aromatic carbocycles.